The third-order valence-electron chi connectivity index (χ3n) is 5.16. The van der Waals surface area contributed by atoms with Crippen LogP contribution in [0.2, 0.25) is 0 Å². The van der Waals surface area contributed by atoms with Gasteiger partial charge in [-0.2, -0.15) is 9.78 Å². The quantitative estimate of drug-likeness (QED) is 0.396. The lowest BCUT2D eigenvalue weighted by atomic mass is 10.1. The molecule has 1 amide bonds. The lowest BCUT2D eigenvalue weighted by molar-refractivity contribution is -0.274. The number of para-hydroxylation sites is 2. The molecule has 37 heavy (non-hydrogen) atoms. The van der Waals surface area contributed by atoms with Crippen molar-refractivity contribution < 1.29 is 31.1 Å². The number of alkyl halides is 3. The third kappa shape index (κ3) is 5.61. The van der Waals surface area contributed by atoms with Crippen molar-refractivity contribution >= 4 is 26.8 Å². The molecule has 0 bridgehead atoms. The molecule has 194 valence electrons. The molecule has 0 saturated heterocycles. The Morgan fingerprint density at radius 3 is 2.32 bits per heavy atom. The molecule has 0 spiro atoms. The number of carbonyl (C=O) groups excluding carboxylic acids is 1. The first-order chi connectivity index (χ1) is 17.2. The van der Waals surface area contributed by atoms with Crippen LogP contribution in [0.15, 0.2) is 58.5 Å². The highest BCUT2D eigenvalue weighted by Crippen LogP contribution is 2.28. The number of halogens is 3. The number of ether oxygens (including phenoxy) is 1. The van der Waals surface area contributed by atoms with Crippen LogP contribution < -0.4 is 15.7 Å². The highest BCUT2D eigenvalue weighted by atomic mass is 32.2. The van der Waals surface area contributed by atoms with Crippen molar-refractivity contribution in [2.75, 3.05) is 6.26 Å². The molecule has 0 saturated carbocycles. The molecule has 2 aromatic heterocycles. The highest BCUT2D eigenvalue weighted by Gasteiger charge is 2.32. The zero-order valence-corrected chi connectivity index (χ0v) is 20.3. The average Bonchev–Trinajstić information content (AvgIpc) is 3.14. The van der Waals surface area contributed by atoms with Gasteiger partial charge in [0.1, 0.15) is 17.8 Å². The molecule has 4 rings (SSSR count). The number of hydrogen-bond donors (Lipinski definition) is 1. The Balaban J connectivity index is 1.76. The number of rotatable bonds is 6. The van der Waals surface area contributed by atoms with Crippen LogP contribution in [-0.4, -0.2) is 51.3 Å². The molecule has 0 fully saturated rings. The summed E-state index contributed by atoms with van der Waals surface area (Å²) < 4.78 is 68.4. The van der Waals surface area contributed by atoms with Crippen molar-refractivity contribution in [1.82, 2.24) is 29.6 Å². The molecule has 1 atom stereocenters. The molecular weight excluding hydrogens is 517 g/mol. The summed E-state index contributed by atoms with van der Waals surface area (Å²) in [5, 5.41) is 6.58. The number of hydrogen-bond acceptors (Lipinski definition) is 8. The molecule has 4 aromatic rings. The van der Waals surface area contributed by atoms with Gasteiger partial charge in [-0.15, -0.1) is 13.2 Å². The van der Waals surface area contributed by atoms with E-state index in [-0.39, 0.29) is 11.5 Å². The van der Waals surface area contributed by atoms with Gasteiger partial charge in [-0.25, -0.2) is 23.2 Å². The van der Waals surface area contributed by atoms with Crippen molar-refractivity contribution in [2.45, 2.75) is 24.2 Å². The third-order valence-corrected chi connectivity index (χ3v) is 6.26. The molecular formula is C22H19F3N6O5S. The van der Waals surface area contributed by atoms with E-state index in [0.717, 1.165) is 23.1 Å². The molecule has 1 unspecified atom stereocenters. The van der Waals surface area contributed by atoms with Gasteiger partial charge in [0.2, 0.25) is 0 Å². The van der Waals surface area contributed by atoms with Gasteiger partial charge in [-0.1, -0.05) is 12.1 Å². The van der Waals surface area contributed by atoms with E-state index >= 15 is 0 Å². The Bertz CT molecular complexity index is 1680. The normalized spacial score (nSPS) is 12.9. The summed E-state index contributed by atoms with van der Waals surface area (Å²) in [5.41, 5.74) is 0.107. The van der Waals surface area contributed by atoms with Gasteiger partial charge < -0.3 is 10.1 Å². The molecule has 0 aliphatic rings. The molecule has 0 aliphatic carbocycles. The molecule has 11 nitrogen and oxygen atoms in total. The fourth-order valence-corrected chi connectivity index (χ4v) is 4.10. The van der Waals surface area contributed by atoms with Gasteiger partial charge in [0.15, 0.2) is 15.7 Å². The van der Waals surface area contributed by atoms with Crippen molar-refractivity contribution in [3.05, 3.63) is 70.5 Å². The van der Waals surface area contributed by atoms with Gasteiger partial charge in [0, 0.05) is 18.9 Å². The van der Waals surface area contributed by atoms with Crippen molar-refractivity contribution in [3.63, 3.8) is 0 Å². The van der Waals surface area contributed by atoms with Gasteiger partial charge in [-0.05, 0) is 37.3 Å². The molecule has 1 N–H and O–H groups in total. The molecule has 2 aromatic carbocycles. The first kappa shape index (κ1) is 25.8. The SMILES string of the molecule is CC(NC(=O)c1cc(OC(F)(F)F)cc(S(C)(=O)=O)c1)c1nc2ccccc2nc1-n1ncn(C)c1=O. The summed E-state index contributed by atoms with van der Waals surface area (Å²) in [4.78, 5) is 34.0. The summed E-state index contributed by atoms with van der Waals surface area (Å²) >= 11 is 0. The van der Waals surface area contributed by atoms with Crippen LogP contribution in [0, 0.1) is 0 Å². The number of benzene rings is 2. The fraction of sp³-hybridized carbons (Fsp3) is 0.227. The van der Waals surface area contributed by atoms with Gasteiger partial charge in [0.05, 0.1) is 22.0 Å². The standard InChI is InChI=1S/C22H19F3N6O5S/c1-12(27-20(32)13-8-14(36-22(23,24)25)10-15(9-13)37(3,34)35)18-19(31-21(33)30(2)11-26-31)29-17-7-5-4-6-16(17)28-18/h4-12H,1-3H3,(H,27,32). The van der Waals surface area contributed by atoms with Crippen LogP contribution in [0.1, 0.15) is 29.0 Å². The minimum Gasteiger partial charge on any atom is -0.406 e. The Morgan fingerprint density at radius 1 is 1.11 bits per heavy atom. The number of sulfone groups is 1. The molecule has 2 heterocycles. The average molecular weight is 536 g/mol. The largest absolute Gasteiger partial charge is 0.573 e. The van der Waals surface area contributed by atoms with Crippen molar-refractivity contribution in [2.24, 2.45) is 7.05 Å². The maximum absolute atomic E-state index is 13.0. The van der Waals surface area contributed by atoms with Crippen molar-refractivity contribution in [1.29, 1.82) is 0 Å². The summed E-state index contributed by atoms with van der Waals surface area (Å²) in [6.07, 6.45) is -3.06. The fourth-order valence-electron chi connectivity index (χ4n) is 3.43. The van der Waals surface area contributed by atoms with Crippen molar-refractivity contribution in [3.8, 4) is 11.6 Å². The first-order valence-electron chi connectivity index (χ1n) is 10.5. The second-order valence-electron chi connectivity index (χ2n) is 8.07. The number of nitrogens with one attached hydrogen (secondary N) is 1. The smallest absolute Gasteiger partial charge is 0.406 e. The van der Waals surface area contributed by atoms with E-state index in [1.165, 1.54) is 24.9 Å². The topological polar surface area (TPSA) is 138 Å². The predicted molar refractivity (Wildman–Crippen MR) is 124 cm³/mol. The molecule has 15 heteroatoms. The van der Waals surface area contributed by atoms with Crippen LogP contribution in [-0.2, 0) is 16.9 Å². The summed E-state index contributed by atoms with van der Waals surface area (Å²) in [6.45, 7) is 1.52. The maximum atomic E-state index is 13.0. The van der Waals surface area contributed by atoms with Crippen LogP contribution in [0.5, 0.6) is 5.75 Å². The van der Waals surface area contributed by atoms with E-state index in [0.29, 0.717) is 17.1 Å². The zero-order chi connectivity index (χ0) is 27.1. The maximum Gasteiger partial charge on any atom is 0.573 e. The molecule has 0 aliphatic heterocycles. The van der Waals surface area contributed by atoms with Crippen LogP contribution in [0.4, 0.5) is 13.2 Å². The minimum atomic E-state index is -5.11. The summed E-state index contributed by atoms with van der Waals surface area (Å²) in [6, 6.07) is 8.20. The zero-order valence-electron chi connectivity index (χ0n) is 19.5. The number of carbonyl (C=O) groups is 1. The van der Waals surface area contributed by atoms with Gasteiger partial charge >= 0.3 is 12.1 Å². The summed E-state index contributed by atoms with van der Waals surface area (Å²) in [5.74, 6) is -1.76. The minimum absolute atomic E-state index is 0.0306. The second kappa shape index (κ2) is 9.31. The van der Waals surface area contributed by atoms with E-state index < -0.39 is 50.0 Å². The van der Waals surface area contributed by atoms with Gasteiger partial charge in [-0.3, -0.25) is 9.36 Å². The van der Waals surface area contributed by atoms with E-state index in [9.17, 15) is 31.2 Å². The first-order valence-corrected chi connectivity index (χ1v) is 12.4. The molecule has 0 radical (unpaired) electrons. The van der Waals surface area contributed by atoms with E-state index in [1.54, 1.807) is 24.3 Å². The van der Waals surface area contributed by atoms with E-state index in [2.05, 4.69) is 25.1 Å². The summed E-state index contributed by atoms with van der Waals surface area (Å²) in [7, 11) is -2.50. The lowest BCUT2D eigenvalue weighted by Crippen LogP contribution is -2.30. The van der Waals surface area contributed by atoms with Crippen LogP contribution in [0.3, 0.4) is 0 Å². The number of nitrogens with zero attached hydrogens (tertiary/aromatic N) is 5. The van der Waals surface area contributed by atoms with Crippen LogP contribution in [0.25, 0.3) is 16.9 Å². The Hall–Kier alpha value is -4.27. The van der Waals surface area contributed by atoms with Gasteiger partial charge in [0.25, 0.3) is 5.91 Å². The van der Waals surface area contributed by atoms with E-state index in [1.807, 2.05) is 0 Å². The Labute approximate surface area is 207 Å². The Kier molecular flexibility index (Phi) is 6.50. The lowest BCUT2D eigenvalue weighted by Gasteiger charge is -2.18. The number of fused-ring (bicyclic) bond motifs is 1. The number of aromatic nitrogens is 5. The Morgan fingerprint density at radius 2 is 1.76 bits per heavy atom. The highest BCUT2D eigenvalue weighted by molar-refractivity contribution is 7.90. The monoisotopic (exact) mass is 536 g/mol. The van der Waals surface area contributed by atoms with E-state index in [4.69, 9.17) is 0 Å². The number of amides is 1. The predicted octanol–water partition coefficient (Wildman–Crippen LogP) is 2.31. The van der Waals surface area contributed by atoms with Crippen LogP contribution >= 0.6 is 0 Å². The number of aryl methyl sites for hydroxylation is 1. The second-order valence-corrected chi connectivity index (χ2v) is 10.1.